The molecule has 0 radical (unpaired) electrons. The molecule has 1 unspecified atom stereocenters. The Balaban J connectivity index is 2.04. The van der Waals surface area contributed by atoms with E-state index in [4.69, 9.17) is 34.8 Å². The number of nitrogens with zero attached hydrogens (tertiary/aromatic N) is 1. The molecule has 1 atom stereocenters. The second kappa shape index (κ2) is 5.79. The fourth-order valence-electron chi connectivity index (χ4n) is 2.06. The summed E-state index contributed by atoms with van der Waals surface area (Å²) in [7, 11) is 0. The van der Waals surface area contributed by atoms with Crippen molar-refractivity contribution in [2.24, 2.45) is 5.92 Å². The fraction of sp³-hybridized carbons (Fsp3) is 0.545. The summed E-state index contributed by atoms with van der Waals surface area (Å²) >= 11 is 18.8. The van der Waals surface area contributed by atoms with Gasteiger partial charge in [-0.3, -0.25) is 4.79 Å². The summed E-state index contributed by atoms with van der Waals surface area (Å²) in [6.07, 6.45) is 1.98. The Morgan fingerprint density at radius 2 is 2.29 bits per heavy atom. The molecule has 6 heteroatoms. The van der Waals surface area contributed by atoms with Gasteiger partial charge in [-0.15, -0.1) is 22.9 Å². The summed E-state index contributed by atoms with van der Waals surface area (Å²) in [4.78, 5) is 14.0. The van der Waals surface area contributed by atoms with Gasteiger partial charge in [0, 0.05) is 19.0 Å². The van der Waals surface area contributed by atoms with E-state index in [-0.39, 0.29) is 5.91 Å². The number of halogens is 3. The lowest BCUT2D eigenvalue weighted by atomic mass is 10.1. The van der Waals surface area contributed by atoms with Gasteiger partial charge in [-0.05, 0) is 24.8 Å². The number of likely N-dealkylation sites (tertiary alicyclic amines) is 1. The van der Waals surface area contributed by atoms with Crippen LogP contribution in [0.4, 0.5) is 0 Å². The van der Waals surface area contributed by atoms with E-state index in [1.165, 1.54) is 11.3 Å². The zero-order valence-electron chi connectivity index (χ0n) is 9.09. The lowest BCUT2D eigenvalue weighted by Crippen LogP contribution is -2.28. The number of alkyl halides is 1. The molecule has 0 aromatic carbocycles. The second-order valence-corrected chi connectivity index (χ2v) is 6.78. The van der Waals surface area contributed by atoms with Gasteiger partial charge in [0.15, 0.2) is 0 Å². The van der Waals surface area contributed by atoms with Crippen LogP contribution < -0.4 is 0 Å². The lowest BCUT2D eigenvalue weighted by molar-refractivity contribution is 0.0787. The topological polar surface area (TPSA) is 20.3 Å². The first-order valence-electron chi connectivity index (χ1n) is 5.42. The van der Waals surface area contributed by atoms with Crippen molar-refractivity contribution < 1.29 is 4.79 Å². The average molecular weight is 313 g/mol. The maximum absolute atomic E-state index is 12.2. The van der Waals surface area contributed by atoms with Crippen LogP contribution in [0.15, 0.2) is 6.07 Å². The minimum atomic E-state index is -0.0183. The van der Waals surface area contributed by atoms with E-state index >= 15 is 0 Å². The standard InChI is InChI=1S/C11H12Cl3NOS/c12-3-1-7-2-4-15(6-7)11(16)8-5-9(13)17-10(8)14/h5,7H,1-4,6H2. The molecule has 2 rings (SSSR count). The first-order valence-corrected chi connectivity index (χ1v) is 7.52. The fourth-order valence-corrected chi connectivity index (χ4v) is 3.82. The molecule has 1 aromatic heterocycles. The zero-order valence-corrected chi connectivity index (χ0v) is 12.2. The van der Waals surface area contributed by atoms with Crippen LogP contribution in [0.2, 0.25) is 8.67 Å². The molecular weight excluding hydrogens is 301 g/mol. The van der Waals surface area contributed by atoms with Crippen LogP contribution in [0.5, 0.6) is 0 Å². The first-order chi connectivity index (χ1) is 8.11. The minimum Gasteiger partial charge on any atom is -0.338 e. The Labute approximate surface area is 119 Å². The predicted octanol–water partition coefficient (Wildman–Crippen LogP) is 4.15. The third-order valence-electron chi connectivity index (χ3n) is 2.98. The molecule has 1 aromatic rings. The Hall–Kier alpha value is 0.0400. The molecule has 0 aliphatic carbocycles. The van der Waals surface area contributed by atoms with Crippen LogP contribution in [-0.2, 0) is 0 Å². The van der Waals surface area contributed by atoms with E-state index in [1.54, 1.807) is 6.07 Å². The van der Waals surface area contributed by atoms with Gasteiger partial charge in [-0.1, -0.05) is 23.2 Å². The van der Waals surface area contributed by atoms with Crippen molar-refractivity contribution in [3.05, 3.63) is 20.3 Å². The third-order valence-corrected chi connectivity index (χ3v) is 4.68. The molecule has 2 nitrogen and oxygen atoms in total. The highest BCUT2D eigenvalue weighted by atomic mass is 35.5. The molecule has 1 aliphatic heterocycles. The minimum absolute atomic E-state index is 0.0183. The van der Waals surface area contributed by atoms with Crippen LogP contribution >= 0.6 is 46.1 Å². The zero-order chi connectivity index (χ0) is 12.4. The maximum Gasteiger partial charge on any atom is 0.256 e. The van der Waals surface area contributed by atoms with Gasteiger partial charge in [-0.2, -0.15) is 0 Å². The molecule has 0 saturated carbocycles. The number of hydrogen-bond acceptors (Lipinski definition) is 2. The number of amides is 1. The highest BCUT2D eigenvalue weighted by molar-refractivity contribution is 7.20. The summed E-state index contributed by atoms with van der Waals surface area (Å²) in [6, 6.07) is 1.64. The molecular formula is C11H12Cl3NOS. The van der Waals surface area contributed by atoms with E-state index in [2.05, 4.69) is 0 Å². The van der Waals surface area contributed by atoms with Crippen molar-refractivity contribution >= 4 is 52.0 Å². The molecule has 1 saturated heterocycles. The smallest absolute Gasteiger partial charge is 0.256 e. The molecule has 2 heterocycles. The van der Waals surface area contributed by atoms with Crippen LogP contribution in [-0.4, -0.2) is 29.8 Å². The predicted molar refractivity (Wildman–Crippen MR) is 73.7 cm³/mol. The van der Waals surface area contributed by atoms with Crippen molar-refractivity contribution in [1.29, 1.82) is 0 Å². The quantitative estimate of drug-likeness (QED) is 0.768. The van der Waals surface area contributed by atoms with E-state index < -0.39 is 0 Å². The van der Waals surface area contributed by atoms with Gasteiger partial charge < -0.3 is 4.90 Å². The summed E-state index contributed by atoms with van der Waals surface area (Å²) in [5.74, 6) is 1.15. The average Bonchev–Trinajstić information content (AvgIpc) is 2.85. The number of rotatable bonds is 3. The van der Waals surface area contributed by atoms with Gasteiger partial charge in [0.05, 0.1) is 9.90 Å². The summed E-state index contributed by atoms with van der Waals surface area (Å²) in [5.41, 5.74) is 0.521. The number of carbonyl (C=O) groups is 1. The molecule has 1 aliphatic rings. The van der Waals surface area contributed by atoms with Crippen LogP contribution in [0.25, 0.3) is 0 Å². The molecule has 1 amide bonds. The molecule has 0 N–H and O–H groups in total. The van der Waals surface area contributed by atoms with E-state index in [0.717, 1.165) is 25.9 Å². The molecule has 0 bridgehead atoms. The second-order valence-electron chi connectivity index (χ2n) is 4.12. The van der Waals surface area contributed by atoms with E-state index in [9.17, 15) is 4.79 Å². The summed E-state index contributed by atoms with van der Waals surface area (Å²) in [6.45, 7) is 1.56. The molecule has 0 spiro atoms. The van der Waals surface area contributed by atoms with Gasteiger partial charge in [0.25, 0.3) is 5.91 Å². The SMILES string of the molecule is O=C(c1cc(Cl)sc1Cl)N1CCC(CCCl)C1. The molecule has 94 valence electrons. The normalized spacial score (nSPS) is 19.9. The van der Waals surface area contributed by atoms with Crippen LogP contribution in [0.3, 0.4) is 0 Å². The highest BCUT2D eigenvalue weighted by Gasteiger charge is 2.28. The van der Waals surface area contributed by atoms with Gasteiger partial charge in [-0.25, -0.2) is 0 Å². The Bertz CT molecular complexity index is 421. The van der Waals surface area contributed by atoms with Crippen LogP contribution in [0.1, 0.15) is 23.2 Å². The van der Waals surface area contributed by atoms with Gasteiger partial charge in [0.1, 0.15) is 4.34 Å². The lowest BCUT2D eigenvalue weighted by Gasteiger charge is -2.15. The largest absolute Gasteiger partial charge is 0.338 e. The monoisotopic (exact) mass is 311 g/mol. The number of carbonyl (C=O) groups excluding carboxylic acids is 1. The summed E-state index contributed by atoms with van der Waals surface area (Å²) in [5, 5.41) is 0. The Kier molecular flexibility index (Phi) is 4.59. The number of hydrogen-bond donors (Lipinski definition) is 0. The van der Waals surface area contributed by atoms with E-state index in [0.29, 0.717) is 26.0 Å². The third kappa shape index (κ3) is 3.08. The van der Waals surface area contributed by atoms with Crippen molar-refractivity contribution in [3.63, 3.8) is 0 Å². The highest BCUT2D eigenvalue weighted by Crippen LogP contribution is 2.33. The van der Waals surface area contributed by atoms with Gasteiger partial charge >= 0.3 is 0 Å². The number of thiophene rings is 1. The van der Waals surface area contributed by atoms with Gasteiger partial charge in [0.2, 0.25) is 0 Å². The van der Waals surface area contributed by atoms with Crippen molar-refractivity contribution in [1.82, 2.24) is 4.90 Å². The van der Waals surface area contributed by atoms with Crippen molar-refractivity contribution in [2.75, 3.05) is 19.0 Å². The maximum atomic E-state index is 12.2. The summed E-state index contributed by atoms with van der Waals surface area (Å²) < 4.78 is 1.02. The first kappa shape index (κ1) is 13.5. The van der Waals surface area contributed by atoms with Crippen molar-refractivity contribution in [3.8, 4) is 0 Å². The van der Waals surface area contributed by atoms with E-state index in [1.807, 2.05) is 4.90 Å². The molecule has 1 fully saturated rings. The Morgan fingerprint density at radius 1 is 1.53 bits per heavy atom. The molecule has 17 heavy (non-hydrogen) atoms. The Morgan fingerprint density at radius 3 is 2.88 bits per heavy atom. The van der Waals surface area contributed by atoms with Crippen molar-refractivity contribution in [2.45, 2.75) is 12.8 Å². The van der Waals surface area contributed by atoms with Crippen LogP contribution in [0, 0.1) is 5.92 Å².